The van der Waals surface area contributed by atoms with Gasteiger partial charge in [0.15, 0.2) is 0 Å². The summed E-state index contributed by atoms with van der Waals surface area (Å²) in [7, 11) is 0. The third kappa shape index (κ3) is 9.14. The summed E-state index contributed by atoms with van der Waals surface area (Å²) >= 11 is 1.80. The molecule has 0 spiro atoms. The van der Waals surface area contributed by atoms with Crippen LogP contribution in [0.4, 0.5) is 0 Å². The SMILES string of the molecule is C1=Cc2c(ccc3ccccc23)C1.[Y].[c-]1ccc2ccccc2c1.c1ccc2c(c1)ccc1[nH]ccc12.c1ccc2c(c1)ccc1occc12.c1ccc2c(c1)ccc1sccc12. The first-order chi connectivity index (χ1) is 30.8. The van der Waals surface area contributed by atoms with Crippen molar-refractivity contribution >= 4 is 103 Å². The van der Waals surface area contributed by atoms with Crippen molar-refractivity contribution in [1.29, 1.82) is 0 Å². The van der Waals surface area contributed by atoms with Crippen molar-refractivity contribution in [3.63, 3.8) is 0 Å². The normalized spacial score (nSPS) is 11.2. The van der Waals surface area contributed by atoms with Crippen LogP contribution in [0.15, 0.2) is 235 Å². The molecule has 3 heterocycles. The summed E-state index contributed by atoms with van der Waals surface area (Å²) in [5, 5.41) is 19.1. The van der Waals surface area contributed by atoms with Gasteiger partial charge in [0.2, 0.25) is 0 Å². The number of hydrogen-bond acceptors (Lipinski definition) is 2. The second-order valence-corrected chi connectivity index (χ2v) is 16.2. The Bertz CT molecular complexity index is 3330. The maximum atomic E-state index is 5.33. The van der Waals surface area contributed by atoms with Gasteiger partial charge >= 0.3 is 0 Å². The molecule has 0 fully saturated rings. The minimum absolute atomic E-state index is 0. The molecule has 0 atom stereocenters. The zero-order valence-electron chi connectivity index (χ0n) is 34.6. The van der Waals surface area contributed by atoms with Crippen LogP contribution in [0.1, 0.15) is 11.1 Å². The van der Waals surface area contributed by atoms with Gasteiger partial charge in [-0.05, 0) is 102 Å². The molecule has 0 unspecified atom stereocenters. The third-order valence-corrected chi connectivity index (χ3v) is 12.3. The number of H-pyrrole nitrogens is 1. The van der Waals surface area contributed by atoms with Crippen LogP contribution >= 0.6 is 11.3 Å². The van der Waals surface area contributed by atoms with E-state index in [1.165, 1.54) is 91.4 Å². The number of hydrogen-bond donors (Lipinski definition) is 1. The van der Waals surface area contributed by atoms with Gasteiger partial charge in [0.1, 0.15) is 5.58 Å². The van der Waals surface area contributed by atoms with E-state index in [4.69, 9.17) is 4.42 Å². The van der Waals surface area contributed by atoms with Gasteiger partial charge in [-0.25, -0.2) is 0 Å². The van der Waals surface area contributed by atoms with E-state index in [0.717, 1.165) is 12.0 Å². The topological polar surface area (TPSA) is 28.9 Å². The molecule has 63 heavy (non-hydrogen) atoms. The number of thiophene rings is 1. The molecule has 1 aliphatic carbocycles. The molecule has 10 aromatic carbocycles. The summed E-state index contributed by atoms with van der Waals surface area (Å²) in [4.78, 5) is 3.21. The van der Waals surface area contributed by atoms with Crippen molar-refractivity contribution in [2.24, 2.45) is 0 Å². The maximum absolute atomic E-state index is 5.33. The van der Waals surface area contributed by atoms with Gasteiger partial charge in [-0.3, -0.25) is 0 Å². The predicted molar refractivity (Wildman–Crippen MR) is 268 cm³/mol. The van der Waals surface area contributed by atoms with Gasteiger partial charge in [-0.2, -0.15) is 24.3 Å². The number of benzene rings is 10. The second kappa shape index (κ2) is 19.6. The molecule has 2 nitrogen and oxygen atoms in total. The second-order valence-electron chi connectivity index (χ2n) is 15.2. The molecular weight excluding hydrogens is 860 g/mol. The van der Waals surface area contributed by atoms with Gasteiger partial charge in [0.25, 0.3) is 0 Å². The van der Waals surface area contributed by atoms with Crippen molar-refractivity contribution in [1.82, 2.24) is 4.98 Å². The number of nitrogens with one attached hydrogen (secondary N) is 1. The van der Waals surface area contributed by atoms with Crippen molar-refractivity contribution in [2.45, 2.75) is 6.42 Å². The van der Waals surface area contributed by atoms with Crippen molar-refractivity contribution < 1.29 is 37.1 Å². The van der Waals surface area contributed by atoms with Gasteiger partial charge in [0.05, 0.1) is 6.26 Å². The first-order valence-electron chi connectivity index (χ1n) is 20.9. The molecule has 4 heteroatoms. The van der Waals surface area contributed by atoms with Gasteiger partial charge in [-0.15, -0.1) is 28.2 Å². The third-order valence-electron chi connectivity index (χ3n) is 11.5. The molecule has 3 aromatic heterocycles. The Morgan fingerprint density at radius 3 is 1.78 bits per heavy atom. The first-order valence-corrected chi connectivity index (χ1v) is 21.8. The molecule has 0 amide bonds. The summed E-state index contributed by atoms with van der Waals surface area (Å²) in [5.41, 5.74) is 5.04. The summed E-state index contributed by atoms with van der Waals surface area (Å²) in [6, 6.07) is 74.7. The molecule has 1 aliphatic rings. The molecular formula is C59H42NOSY-. The number of fused-ring (bicyclic) bond motifs is 13. The van der Waals surface area contributed by atoms with Gasteiger partial charge in [0, 0.05) is 65.3 Å². The monoisotopic (exact) mass is 901 g/mol. The molecule has 14 rings (SSSR count). The summed E-state index contributed by atoms with van der Waals surface area (Å²) in [6.07, 6.45) is 9.28. The molecule has 299 valence electrons. The van der Waals surface area contributed by atoms with E-state index >= 15 is 0 Å². The fourth-order valence-corrected chi connectivity index (χ4v) is 9.16. The van der Waals surface area contributed by atoms with Crippen LogP contribution in [0, 0.1) is 6.07 Å². The van der Waals surface area contributed by atoms with E-state index in [9.17, 15) is 0 Å². The number of aromatic nitrogens is 1. The van der Waals surface area contributed by atoms with E-state index in [-0.39, 0.29) is 32.7 Å². The molecule has 0 bridgehead atoms. The van der Waals surface area contributed by atoms with Crippen LogP contribution in [0.3, 0.4) is 0 Å². The average molecular weight is 902 g/mol. The zero-order chi connectivity index (χ0) is 41.5. The van der Waals surface area contributed by atoms with Gasteiger partial charge in [-0.1, -0.05) is 158 Å². The minimum atomic E-state index is 0. The average Bonchev–Trinajstić information content (AvgIpc) is 4.20. The Balaban J connectivity index is 0.0000000999. The van der Waals surface area contributed by atoms with E-state index in [0.29, 0.717) is 0 Å². The van der Waals surface area contributed by atoms with E-state index in [1.807, 2.05) is 48.7 Å². The quantitative estimate of drug-likeness (QED) is 0.151. The zero-order valence-corrected chi connectivity index (χ0v) is 38.3. The number of rotatable bonds is 0. The van der Waals surface area contributed by atoms with Crippen LogP contribution in [0.5, 0.6) is 0 Å². The van der Waals surface area contributed by atoms with Crippen LogP contribution in [0.2, 0.25) is 0 Å². The number of aromatic amines is 1. The molecule has 1 radical (unpaired) electrons. The number of furan rings is 1. The van der Waals surface area contributed by atoms with Crippen LogP contribution in [0.25, 0.3) is 91.9 Å². The van der Waals surface area contributed by atoms with Crippen molar-refractivity contribution in [2.75, 3.05) is 0 Å². The fraction of sp³-hybridized carbons (Fsp3) is 0.0169. The number of allylic oxidation sites excluding steroid dienone is 1. The van der Waals surface area contributed by atoms with E-state index < -0.39 is 0 Å². The first kappa shape index (κ1) is 41.7. The summed E-state index contributed by atoms with van der Waals surface area (Å²) in [6.45, 7) is 0. The van der Waals surface area contributed by atoms with Crippen LogP contribution < -0.4 is 0 Å². The predicted octanol–water partition coefficient (Wildman–Crippen LogP) is 17.0. The Hall–Kier alpha value is -6.62. The Morgan fingerprint density at radius 1 is 0.460 bits per heavy atom. The van der Waals surface area contributed by atoms with E-state index in [1.54, 1.807) is 17.6 Å². The van der Waals surface area contributed by atoms with Crippen molar-refractivity contribution in [3.8, 4) is 0 Å². The molecule has 1 N–H and O–H groups in total. The summed E-state index contributed by atoms with van der Waals surface area (Å²) in [5.74, 6) is 0. The molecule has 13 aromatic rings. The largest absolute Gasteiger partial charge is 0.464 e. The maximum Gasteiger partial charge on any atom is 0.134 e. The van der Waals surface area contributed by atoms with Crippen LogP contribution in [-0.4, -0.2) is 4.98 Å². The Morgan fingerprint density at radius 2 is 1.05 bits per heavy atom. The fourth-order valence-electron chi connectivity index (χ4n) is 8.36. The minimum Gasteiger partial charge on any atom is -0.464 e. The van der Waals surface area contributed by atoms with Gasteiger partial charge < -0.3 is 9.40 Å². The van der Waals surface area contributed by atoms with Crippen LogP contribution in [-0.2, 0) is 39.1 Å². The Kier molecular flexibility index (Phi) is 13.0. The Labute approximate surface area is 396 Å². The van der Waals surface area contributed by atoms with Crippen molar-refractivity contribution in [3.05, 3.63) is 247 Å². The molecule has 0 aliphatic heterocycles. The standard InChI is InChI=1S/C13H10.C12H9N.C12H8O.C12H8S.C10H7.Y/c1-2-6-12-10(4-1)8-9-11-5-3-7-13(11)12;3*1-2-4-10-9(3-1)5-6-12-11(10)7-8-13-12;1-2-6-10-8-4-3-7-9(10)5-1;/h1-4,6-9H,5H2;1-8,13H;2*1-8H;1-3,5-8H;/q;;;;-1;. The molecule has 0 saturated carbocycles. The molecule has 0 saturated heterocycles. The smallest absolute Gasteiger partial charge is 0.134 e. The summed E-state index contributed by atoms with van der Waals surface area (Å²) < 4.78 is 6.70. The van der Waals surface area contributed by atoms with E-state index in [2.05, 4.69) is 192 Å².